The Balaban J connectivity index is 3.43. The van der Waals surface area contributed by atoms with Gasteiger partial charge in [0.1, 0.15) is 0 Å². The zero-order valence-corrected chi connectivity index (χ0v) is 7.10. The minimum Gasteiger partial charge on any atom is -0.504 e. The van der Waals surface area contributed by atoms with Gasteiger partial charge in [-0.05, 0) is 0 Å². The number of aliphatic hydroxyl groups excluding tert-OH is 1. The fourth-order valence-corrected chi connectivity index (χ4v) is 1.08. The predicted octanol–water partition coefficient (Wildman–Crippen LogP) is -0.251. The van der Waals surface area contributed by atoms with Gasteiger partial charge >= 0.3 is 0 Å². The van der Waals surface area contributed by atoms with Gasteiger partial charge in [-0.15, -0.1) is 0 Å². The van der Waals surface area contributed by atoms with Crippen LogP contribution in [0.25, 0.3) is 0 Å². The van der Waals surface area contributed by atoms with E-state index in [0.29, 0.717) is 0 Å². The molecule has 0 spiro atoms. The SMILES string of the molecule is OCCc1c(O)c(O)c(O)c(O)c1O. The predicted molar refractivity (Wildman–Crippen MR) is 45.6 cm³/mol. The van der Waals surface area contributed by atoms with Gasteiger partial charge in [-0.3, -0.25) is 0 Å². The first-order chi connectivity index (χ1) is 6.50. The number of benzene rings is 1. The first-order valence-electron chi connectivity index (χ1n) is 3.79. The average molecular weight is 202 g/mol. The van der Waals surface area contributed by atoms with Gasteiger partial charge in [0.15, 0.2) is 11.5 Å². The molecule has 1 aromatic rings. The Morgan fingerprint density at radius 2 is 1.00 bits per heavy atom. The van der Waals surface area contributed by atoms with Crippen molar-refractivity contribution < 1.29 is 30.6 Å². The Labute approximate surface area is 78.9 Å². The molecule has 6 nitrogen and oxygen atoms in total. The lowest BCUT2D eigenvalue weighted by molar-refractivity contribution is 0.288. The molecule has 0 saturated heterocycles. The van der Waals surface area contributed by atoms with Gasteiger partial charge in [-0.25, -0.2) is 0 Å². The van der Waals surface area contributed by atoms with Crippen LogP contribution in [-0.4, -0.2) is 37.2 Å². The quantitative estimate of drug-likeness (QED) is 0.290. The summed E-state index contributed by atoms with van der Waals surface area (Å²) in [5.74, 6) is -4.37. The Hall–Kier alpha value is -1.82. The highest BCUT2D eigenvalue weighted by Crippen LogP contribution is 2.50. The largest absolute Gasteiger partial charge is 0.504 e. The molecule has 0 aliphatic heterocycles. The zero-order chi connectivity index (χ0) is 10.9. The van der Waals surface area contributed by atoms with Crippen LogP contribution in [0, 0.1) is 0 Å². The highest BCUT2D eigenvalue weighted by molar-refractivity contribution is 5.67. The first kappa shape index (κ1) is 10.3. The summed E-state index contributed by atoms with van der Waals surface area (Å²) in [6, 6.07) is 0. The van der Waals surface area contributed by atoms with E-state index in [9.17, 15) is 10.2 Å². The summed E-state index contributed by atoms with van der Waals surface area (Å²) in [5.41, 5.74) is -0.222. The standard InChI is InChI=1S/C8H10O6/c9-2-1-3-4(10)6(12)8(14)7(13)5(3)11/h9-14H,1-2H2. The van der Waals surface area contributed by atoms with E-state index in [1.54, 1.807) is 0 Å². The molecule has 0 amide bonds. The molecular weight excluding hydrogens is 192 g/mol. The topological polar surface area (TPSA) is 121 Å². The second kappa shape index (κ2) is 3.51. The molecule has 78 valence electrons. The second-order valence-corrected chi connectivity index (χ2v) is 2.70. The van der Waals surface area contributed by atoms with Crippen molar-refractivity contribution in [3.63, 3.8) is 0 Å². The lowest BCUT2D eigenvalue weighted by atomic mass is 10.1. The number of phenols is 5. The van der Waals surface area contributed by atoms with Crippen molar-refractivity contribution in [1.29, 1.82) is 0 Å². The minimum absolute atomic E-state index is 0.154. The highest BCUT2D eigenvalue weighted by Gasteiger charge is 2.22. The van der Waals surface area contributed by atoms with Crippen LogP contribution in [0.1, 0.15) is 5.56 Å². The molecule has 0 fully saturated rings. The van der Waals surface area contributed by atoms with E-state index in [1.165, 1.54) is 0 Å². The molecule has 1 rings (SSSR count). The lowest BCUT2D eigenvalue weighted by Crippen LogP contribution is -1.93. The molecule has 14 heavy (non-hydrogen) atoms. The van der Waals surface area contributed by atoms with Gasteiger partial charge in [0.25, 0.3) is 0 Å². The molecule has 0 unspecified atom stereocenters. The van der Waals surface area contributed by atoms with Crippen LogP contribution in [0.5, 0.6) is 28.7 Å². The van der Waals surface area contributed by atoms with E-state index in [4.69, 9.17) is 20.4 Å². The van der Waals surface area contributed by atoms with Crippen molar-refractivity contribution in [3.8, 4) is 28.7 Å². The summed E-state index contributed by atoms with van der Waals surface area (Å²) in [5, 5.41) is 54.1. The summed E-state index contributed by atoms with van der Waals surface area (Å²) in [6.07, 6.45) is -0.154. The molecule has 0 aromatic heterocycles. The smallest absolute Gasteiger partial charge is 0.208 e. The van der Waals surface area contributed by atoms with Gasteiger partial charge in [0, 0.05) is 18.6 Å². The number of aromatic hydroxyl groups is 5. The van der Waals surface area contributed by atoms with E-state index in [-0.39, 0.29) is 18.6 Å². The maximum absolute atomic E-state index is 9.22. The zero-order valence-electron chi connectivity index (χ0n) is 7.10. The Morgan fingerprint density at radius 1 is 0.643 bits per heavy atom. The van der Waals surface area contributed by atoms with Crippen LogP contribution in [0.4, 0.5) is 0 Å². The van der Waals surface area contributed by atoms with Crippen molar-refractivity contribution in [1.82, 2.24) is 0 Å². The van der Waals surface area contributed by atoms with Crippen molar-refractivity contribution in [2.24, 2.45) is 0 Å². The second-order valence-electron chi connectivity index (χ2n) is 2.70. The third-order valence-corrected chi connectivity index (χ3v) is 1.83. The molecule has 1 aromatic carbocycles. The van der Waals surface area contributed by atoms with Gasteiger partial charge in [-0.2, -0.15) is 0 Å². The van der Waals surface area contributed by atoms with E-state index in [2.05, 4.69) is 0 Å². The lowest BCUT2D eigenvalue weighted by Gasteiger charge is -2.10. The van der Waals surface area contributed by atoms with Crippen LogP contribution < -0.4 is 0 Å². The molecule has 6 heteroatoms. The molecule has 6 N–H and O–H groups in total. The average Bonchev–Trinajstić information content (AvgIpc) is 2.19. The van der Waals surface area contributed by atoms with Crippen molar-refractivity contribution >= 4 is 0 Å². The van der Waals surface area contributed by atoms with Crippen LogP contribution in [-0.2, 0) is 6.42 Å². The molecular formula is C8H10O6. The number of hydrogen-bond donors (Lipinski definition) is 6. The van der Waals surface area contributed by atoms with Crippen LogP contribution in [0.2, 0.25) is 0 Å². The van der Waals surface area contributed by atoms with E-state index in [0.717, 1.165) is 0 Å². The maximum atomic E-state index is 9.22. The fraction of sp³-hybridized carbons (Fsp3) is 0.250. The molecule has 0 atom stereocenters. The fourth-order valence-electron chi connectivity index (χ4n) is 1.08. The summed E-state index contributed by atoms with van der Waals surface area (Å²) >= 11 is 0. The van der Waals surface area contributed by atoms with Crippen LogP contribution >= 0.6 is 0 Å². The summed E-state index contributed by atoms with van der Waals surface area (Å²) in [7, 11) is 0. The van der Waals surface area contributed by atoms with Gasteiger partial charge in [-0.1, -0.05) is 0 Å². The Bertz CT molecular complexity index is 330. The molecule has 0 bridgehead atoms. The van der Waals surface area contributed by atoms with Crippen molar-refractivity contribution in [2.45, 2.75) is 6.42 Å². The van der Waals surface area contributed by atoms with Crippen LogP contribution in [0.3, 0.4) is 0 Å². The van der Waals surface area contributed by atoms with Crippen LogP contribution in [0.15, 0.2) is 0 Å². The van der Waals surface area contributed by atoms with E-state index >= 15 is 0 Å². The molecule has 0 heterocycles. The molecule has 0 radical (unpaired) electrons. The summed E-state index contributed by atoms with van der Waals surface area (Å²) in [6.45, 7) is -0.384. The highest BCUT2D eigenvalue weighted by atomic mass is 16.4. The number of hydrogen-bond acceptors (Lipinski definition) is 6. The van der Waals surface area contributed by atoms with Crippen molar-refractivity contribution in [2.75, 3.05) is 6.61 Å². The Morgan fingerprint density at radius 3 is 1.36 bits per heavy atom. The minimum atomic E-state index is -0.998. The first-order valence-corrected chi connectivity index (χ1v) is 3.79. The summed E-state index contributed by atoms with van der Waals surface area (Å²) < 4.78 is 0. The normalized spacial score (nSPS) is 10.4. The molecule has 0 aliphatic rings. The number of phenolic OH excluding ortho intramolecular Hbond substituents is 5. The summed E-state index contributed by atoms with van der Waals surface area (Å²) in [4.78, 5) is 0. The maximum Gasteiger partial charge on any atom is 0.208 e. The number of rotatable bonds is 2. The van der Waals surface area contributed by atoms with Gasteiger partial charge in [0.05, 0.1) is 0 Å². The van der Waals surface area contributed by atoms with E-state index in [1.807, 2.05) is 0 Å². The molecule has 0 saturated carbocycles. The third kappa shape index (κ3) is 1.35. The van der Waals surface area contributed by atoms with Crippen molar-refractivity contribution in [3.05, 3.63) is 5.56 Å². The van der Waals surface area contributed by atoms with E-state index < -0.39 is 28.7 Å². The number of aliphatic hydroxyl groups is 1. The Kier molecular flexibility index (Phi) is 2.57. The third-order valence-electron chi connectivity index (χ3n) is 1.83. The molecule has 0 aliphatic carbocycles. The van der Waals surface area contributed by atoms with Gasteiger partial charge in [0.2, 0.25) is 17.2 Å². The van der Waals surface area contributed by atoms with Gasteiger partial charge < -0.3 is 30.6 Å². The monoisotopic (exact) mass is 202 g/mol.